The van der Waals surface area contributed by atoms with Crippen molar-refractivity contribution in [1.29, 1.82) is 0 Å². The number of benzene rings is 3. The first kappa shape index (κ1) is 16.2. The first-order chi connectivity index (χ1) is 12.7. The van der Waals surface area contributed by atoms with Gasteiger partial charge in [-0.25, -0.2) is 0 Å². The molecule has 4 rings (SSSR count). The Bertz CT molecular complexity index is 1150. The van der Waals surface area contributed by atoms with Crippen LogP contribution >= 0.6 is 0 Å². The van der Waals surface area contributed by atoms with E-state index in [1.54, 1.807) is 24.3 Å². The molecule has 3 nitrogen and oxygen atoms in total. The normalized spacial score (nSPS) is 11.6. The van der Waals surface area contributed by atoms with Crippen LogP contribution in [0, 0.1) is 0 Å². The summed E-state index contributed by atoms with van der Waals surface area (Å²) in [6.07, 6.45) is 3.31. The standard InChI is InChI=1S/C23H19NO2/c1-2-24-20-9-5-3-7-17(20)19-15-16(11-13-21(19)24)12-14-23(26)18-8-4-6-10-22(18)25/h3-15,25H,2H2,1H3. The number of allylic oxidation sites excluding steroid dienone is 1. The monoisotopic (exact) mass is 341 g/mol. The Morgan fingerprint density at radius 1 is 0.962 bits per heavy atom. The van der Waals surface area contributed by atoms with E-state index in [1.165, 1.54) is 33.9 Å². The minimum atomic E-state index is -0.209. The second kappa shape index (κ2) is 6.52. The van der Waals surface area contributed by atoms with Gasteiger partial charge in [0, 0.05) is 28.4 Å². The average molecular weight is 341 g/mol. The van der Waals surface area contributed by atoms with Gasteiger partial charge in [-0.1, -0.05) is 42.5 Å². The fourth-order valence-corrected chi connectivity index (χ4v) is 3.46. The van der Waals surface area contributed by atoms with E-state index in [1.807, 2.05) is 12.1 Å². The number of hydrogen-bond acceptors (Lipinski definition) is 2. The lowest BCUT2D eigenvalue weighted by atomic mass is 10.1. The third-order valence-corrected chi connectivity index (χ3v) is 4.71. The van der Waals surface area contributed by atoms with Crippen molar-refractivity contribution in [3.8, 4) is 5.75 Å². The molecule has 0 amide bonds. The van der Waals surface area contributed by atoms with Crippen molar-refractivity contribution >= 4 is 33.7 Å². The summed E-state index contributed by atoms with van der Waals surface area (Å²) in [4.78, 5) is 12.3. The van der Waals surface area contributed by atoms with Crippen molar-refractivity contribution < 1.29 is 9.90 Å². The van der Waals surface area contributed by atoms with Gasteiger partial charge >= 0.3 is 0 Å². The molecule has 128 valence electrons. The molecule has 1 N–H and O–H groups in total. The SMILES string of the molecule is CCn1c2ccccc2c2cc(C=CC(=O)c3ccccc3O)ccc21. The highest BCUT2D eigenvalue weighted by molar-refractivity contribution is 6.10. The zero-order chi connectivity index (χ0) is 18.1. The van der Waals surface area contributed by atoms with E-state index in [-0.39, 0.29) is 11.5 Å². The number of phenols is 1. The van der Waals surface area contributed by atoms with Gasteiger partial charge in [0.25, 0.3) is 0 Å². The van der Waals surface area contributed by atoms with Gasteiger partial charge in [-0.2, -0.15) is 0 Å². The molecule has 0 spiro atoms. The molecule has 0 aliphatic rings. The van der Waals surface area contributed by atoms with E-state index < -0.39 is 0 Å². The number of aryl methyl sites for hydroxylation is 1. The molecule has 3 aromatic carbocycles. The average Bonchev–Trinajstić information content (AvgIpc) is 2.99. The van der Waals surface area contributed by atoms with E-state index in [0.29, 0.717) is 5.56 Å². The Labute approximate surface area is 151 Å². The Hall–Kier alpha value is -3.33. The highest BCUT2D eigenvalue weighted by atomic mass is 16.3. The van der Waals surface area contributed by atoms with Crippen LogP contribution in [0.25, 0.3) is 27.9 Å². The van der Waals surface area contributed by atoms with Gasteiger partial charge in [-0.15, -0.1) is 0 Å². The zero-order valence-electron chi connectivity index (χ0n) is 14.5. The van der Waals surface area contributed by atoms with Crippen molar-refractivity contribution in [2.24, 2.45) is 0 Å². The van der Waals surface area contributed by atoms with Crippen LogP contribution < -0.4 is 0 Å². The summed E-state index contributed by atoms with van der Waals surface area (Å²) in [6.45, 7) is 3.05. The molecule has 0 radical (unpaired) electrons. The molecule has 0 aliphatic heterocycles. The number of carbonyl (C=O) groups excluding carboxylic acids is 1. The molecule has 0 bridgehead atoms. The van der Waals surface area contributed by atoms with Crippen LogP contribution in [0.15, 0.2) is 72.8 Å². The van der Waals surface area contributed by atoms with Crippen LogP contribution in [-0.2, 0) is 6.54 Å². The van der Waals surface area contributed by atoms with Crippen molar-refractivity contribution in [2.75, 3.05) is 0 Å². The number of para-hydroxylation sites is 2. The Balaban J connectivity index is 1.75. The fourth-order valence-electron chi connectivity index (χ4n) is 3.46. The predicted octanol–water partition coefficient (Wildman–Crippen LogP) is 5.42. The van der Waals surface area contributed by atoms with E-state index in [0.717, 1.165) is 12.1 Å². The van der Waals surface area contributed by atoms with Gasteiger partial charge in [0.05, 0.1) is 5.56 Å². The van der Waals surface area contributed by atoms with Crippen molar-refractivity contribution in [3.05, 3.63) is 83.9 Å². The van der Waals surface area contributed by atoms with Gasteiger partial charge < -0.3 is 9.67 Å². The lowest BCUT2D eigenvalue weighted by Gasteiger charge is -2.03. The van der Waals surface area contributed by atoms with Crippen LogP contribution in [0.2, 0.25) is 0 Å². The molecular weight excluding hydrogens is 322 g/mol. The van der Waals surface area contributed by atoms with Gasteiger partial charge in [0.2, 0.25) is 0 Å². The minimum absolute atomic E-state index is 0.00335. The number of fused-ring (bicyclic) bond motifs is 3. The highest BCUT2D eigenvalue weighted by Crippen LogP contribution is 2.30. The minimum Gasteiger partial charge on any atom is -0.507 e. The molecule has 3 heteroatoms. The van der Waals surface area contributed by atoms with Gasteiger partial charge in [0.1, 0.15) is 5.75 Å². The lowest BCUT2D eigenvalue weighted by Crippen LogP contribution is -1.94. The number of carbonyl (C=O) groups is 1. The Morgan fingerprint density at radius 2 is 1.69 bits per heavy atom. The second-order valence-electron chi connectivity index (χ2n) is 6.25. The molecular formula is C23H19NO2. The molecule has 26 heavy (non-hydrogen) atoms. The van der Waals surface area contributed by atoms with Crippen molar-refractivity contribution in [3.63, 3.8) is 0 Å². The first-order valence-corrected chi connectivity index (χ1v) is 8.70. The molecule has 0 atom stereocenters. The fraction of sp³-hybridized carbons (Fsp3) is 0.0870. The van der Waals surface area contributed by atoms with E-state index in [2.05, 4.69) is 41.8 Å². The maximum Gasteiger partial charge on any atom is 0.189 e. The first-order valence-electron chi connectivity index (χ1n) is 8.70. The van der Waals surface area contributed by atoms with Gasteiger partial charge in [-0.3, -0.25) is 4.79 Å². The van der Waals surface area contributed by atoms with Crippen molar-refractivity contribution in [2.45, 2.75) is 13.5 Å². The summed E-state index contributed by atoms with van der Waals surface area (Å²) in [5, 5.41) is 12.2. The summed E-state index contributed by atoms with van der Waals surface area (Å²) in [6, 6.07) is 21.2. The number of aromatic hydroxyl groups is 1. The summed E-state index contributed by atoms with van der Waals surface area (Å²) < 4.78 is 2.30. The number of hydrogen-bond donors (Lipinski definition) is 1. The van der Waals surface area contributed by atoms with Crippen molar-refractivity contribution in [1.82, 2.24) is 4.57 Å². The van der Waals surface area contributed by atoms with E-state index in [4.69, 9.17) is 0 Å². The largest absolute Gasteiger partial charge is 0.507 e. The zero-order valence-corrected chi connectivity index (χ0v) is 14.5. The maximum absolute atomic E-state index is 12.3. The molecule has 0 saturated carbocycles. The molecule has 0 saturated heterocycles. The Morgan fingerprint density at radius 3 is 2.50 bits per heavy atom. The van der Waals surface area contributed by atoms with Crippen LogP contribution in [-0.4, -0.2) is 15.5 Å². The third-order valence-electron chi connectivity index (χ3n) is 4.71. The van der Waals surface area contributed by atoms with Crippen LogP contribution in [0.1, 0.15) is 22.8 Å². The number of phenolic OH excluding ortho intramolecular Hbond substituents is 1. The number of aromatic nitrogens is 1. The van der Waals surface area contributed by atoms with Crippen LogP contribution in [0.3, 0.4) is 0 Å². The van der Waals surface area contributed by atoms with Gasteiger partial charge in [0.15, 0.2) is 5.78 Å². The Kier molecular flexibility index (Phi) is 4.05. The predicted molar refractivity (Wildman–Crippen MR) is 107 cm³/mol. The lowest BCUT2D eigenvalue weighted by molar-refractivity contribution is 0.104. The quantitative estimate of drug-likeness (QED) is 0.398. The maximum atomic E-state index is 12.3. The molecule has 4 aromatic rings. The highest BCUT2D eigenvalue weighted by Gasteiger charge is 2.10. The molecule has 0 unspecified atom stereocenters. The topological polar surface area (TPSA) is 42.2 Å². The second-order valence-corrected chi connectivity index (χ2v) is 6.25. The van der Waals surface area contributed by atoms with Gasteiger partial charge in [-0.05, 0) is 48.9 Å². The van der Waals surface area contributed by atoms with Crippen LogP contribution in [0.5, 0.6) is 5.75 Å². The molecule has 1 aromatic heterocycles. The summed E-state index contributed by atoms with van der Waals surface area (Å²) >= 11 is 0. The summed E-state index contributed by atoms with van der Waals surface area (Å²) in [5.41, 5.74) is 3.68. The number of ketones is 1. The number of nitrogens with zero attached hydrogens (tertiary/aromatic N) is 1. The third kappa shape index (κ3) is 2.68. The van der Waals surface area contributed by atoms with Crippen LogP contribution in [0.4, 0.5) is 0 Å². The molecule has 1 heterocycles. The smallest absolute Gasteiger partial charge is 0.189 e. The van der Waals surface area contributed by atoms with E-state index in [9.17, 15) is 9.90 Å². The summed E-state index contributed by atoms with van der Waals surface area (Å²) in [7, 11) is 0. The van der Waals surface area contributed by atoms with E-state index >= 15 is 0 Å². The molecule has 0 fully saturated rings. The molecule has 0 aliphatic carbocycles. The summed E-state index contributed by atoms with van der Waals surface area (Å²) in [5.74, 6) is -0.206. The number of rotatable bonds is 4.